The third kappa shape index (κ3) is 4.58. The molecule has 1 heterocycles. The van der Waals surface area contributed by atoms with Gasteiger partial charge in [-0.3, -0.25) is 4.79 Å². The maximum absolute atomic E-state index is 12.5. The number of rotatable bonds is 6. The largest absolute Gasteiger partial charge is 0.494 e. The third-order valence-electron chi connectivity index (χ3n) is 3.75. The van der Waals surface area contributed by atoms with Gasteiger partial charge in [-0.1, -0.05) is 35.5 Å². The maximum Gasteiger partial charge on any atom is 0.237 e. The highest BCUT2D eigenvalue weighted by atomic mass is 35.5. The number of benzene rings is 2. The summed E-state index contributed by atoms with van der Waals surface area (Å²) >= 11 is 7.21. The molecule has 0 aliphatic carbocycles. The highest BCUT2D eigenvalue weighted by Crippen LogP contribution is 2.29. The topological polar surface area (TPSA) is 81.9 Å². The molecule has 0 saturated carbocycles. The first kappa shape index (κ1) is 19.2. The van der Waals surface area contributed by atoms with Crippen molar-refractivity contribution in [2.24, 2.45) is 0 Å². The molecule has 1 aromatic heterocycles. The van der Waals surface area contributed by atoms with Crippen LogP contribution in [0.2, 0.25) is 5.02 Å². The number of nitrogens with one attached hydrogen (secondary N) is 1. The van der Waals surface area contributed by atoms with Crippen LogP contribution in [0.25, 0.3) is 5.69 Å². The monoisotopic (exact) mass is 403 g/mol. The molecule has 0 aliphatic heterocycles. The van der Waals surface area contributed by atoms with Gasteiger partial charge in [0, 0.05) is 10.7 Å². The molecule has 0 fully saturated rings. The number of ether oxygens (including phenoxy) is 1. The summed E-state index contributed by atoms with van der Waals surface area (Å²) in [6.07, 6.45) is 0. The van der Waals surface area contributed by atoms with Crippen LogP contribution >= 0.6 is 23.4 Å². The zero-order chi connectivity index (χ0) is 19.4. The molecule has 9 heteroatoms. The molecule has 0 saturated heterocycles. The molecule has 7 nitrogen and oxygen atoms in total. The van der Waals surface area contributed by atoms with E-state index >= 15 is 0 Å². The van der Waals surface area contributed by atoms with E-state index < -0.39 is 5.25 Å². The van der Waals surface area contributed by atoms with Crippen LogP contribution in [0.5, 0.6) is 5.75 Å². The number of anilines is 1. The van der Waals surface area contributed by atoms with Gasteiger partial charge in [-0.2, -0.15) is 4.68 Å². The smallest absolute Gasteiger partial charge is 0.237 e. The fraction of sp³-hybridized carbons (Fsp3) is 0.222. The first-order valence-corrected chi connectivity index (χ1v) is 9.40. The average Bonchev–Trinajstić information content (AvgIpc) is 3.09. The second kappa shape index (κ2) is 8.41. The Morgan fingerprint density at radius 1 is 1.30 bits per heavy atom. The predicted molar refractivity (Wildman–Crippen MR) is 106 cm³/mol. The van der Waals surface area contributed by atoms with Crippen molar-refractivity contribution >= 4 is 35.0 Å². The SMILES string of the molecule is COc1ccc(C)cc1-n1nnnc1S[C@@H](C)C(=O)Nc1cccc(Cl)c1. The highest BCUT2D eigenvalue weighted by molar-refractivity contribution is 8.00. The number of hydrogen-bond donors (Lipinski definition) is 1. The molecule has 1 N–H and O–H groups in total. The van der Waals surface area contributed by atoms with Crippen LogP contribution in [0.3, 0.4) is 0 Å². The van der Waals surface area contributed by atoms with Gasteiger partial charge in [0.15, 0.2) is 0 Å². The van der Waals surface area contributed by atoms with E-state index in [2.05, 4.69) is 20.8 Å². The van der Waals surface area contributed by atoms with Crippen molar-refractivity contribution in [1.29, 1.82) is 0 Å². The molecular formula is C18H18ClN5O2S. The van der Waals surface area contributed by atoms with Gasteiger partial charge in [0.25, 0.3) is 0 Å². The lowest BCUT2D eigenvalue weighted by Crippen LogP contribution is -2.23. The van der Waals surface area contributed by atoms with E-state index in [4.69, 9.17) is 16.3 Å². The van der Waals surface area contributed by atoms with E-state index in [0.29, 0.717) is 27.3 Å². The molecule has 0 bridgehead atoms. The summed E-state index contributed by atoms with van der Waals surface area (Å²) in [6.45, 7) is 3.76. The Hall–Kier alpha value is -2.58. The van der Waals surface area contributed by atoms with Crippen molar-refractivity contribution in [1.82, 2.24) is 20.2 Å². The van der Waals surface area contributed by atoms with Crippen molar-refractivity contribution in [3.05, 3.63) is 53.1 Å². The number of amides is 1. The molecule has 0 unspecified atom stereocenters. The van der Waals surface area contributed by atoms with Crippen molar-refractivity contribution in [2.75, 3.05) is 12.4 Å². The van der Waals surface area contributed by atoms with E-state index in [1.807, 2.05) is 25.1 Å². The highest BCUT2D eigenvalue weighted by Gasteiger charge is 2.21. The molecule has 1 atom stereocenters. The van der Waals surface area contributed by atoms with Gasteiger partial charge in [0.05, 0.1) is 12.4 Å². The van der Waals surface area contributed by atoms with Crippen LogP contribution in [-0.4, -0.2) is 38.5 Å². The van der Waals surface area contributed by atoms with E-state index in [-0.39, 0.29) is 5.91 Å². The Labute approximate surface area is 166 Å². The first-order valence-electron chi connectivity index (χ1n) is 8.14. The predicted octanol–water partition coefficient (Wildman–Crippen LogP) is 3.75. The Bertz CT molecular complexity index is 962. The van der Waals surface area contributed by atoms with E-state index in [9.17, 15) is 4.79 Å². The molecule has 3 aromatic rings. The molecule has 0 spiro atoms. The van der Waals surface area contributed by atoms with Crippen LogP contribution in [0.1, 0.15) is 12.5 Å². The normalized spacial score (nSPS) is 11.9. The molecule has 140 valence electrons. The summed E-state index contributed by atoms with van der Waals surface area (Å²) in [4.78, 5) is 12.5. The lowest BCUT2D eigenvalue weighted by molar-refractivity contribution is -0.115. The quantitative estimate of drug-likeness (QED) is 0.631. The minimum absolute atomic E-state index is 0.173. The number of nitrogens with zero attached hydrogens (tertiary/aromatic N) is 4. The van der Waals surface area contributed by atoms with E-state index in [0.717, 1.165) is 5.56 Å². The maximum atomic E-state index is 12.5. The number of hydrogen-bond acceptors (Lipinski definition) is 6. The minimum Gasteiger partial charge on any atom is -0.494 e. The molecule has 2 aromatic carbocycles. The Morgan fingerprint density at radius 3 is 2.85 bits per heavy atom. The number of tetrazole rings is 1. The number of carbonyl (C=O) groups is 1. The number of carbonyl (C=O) groups excluding carboxylic acids is 1. The van der Waals surface area contributed by atoms with Crippen LogP contribution in [0.15, 0.2) is 47.6 Å². The van der Waals surface area contributed by atoms with Crippen molar-refractivity contribution in [3.8, 4) is 11.4 Å². The second-order valence-electron chi connectivity index (χ2n) is 5.81. The van der Waals surface area contributed by atoms with Gasteiger partial charge in [-0.25, -0.2) is 0 Å². The zero-order valence-corrected chi connectivity index (χ0v) is 16.6. The van der Waals surface area contributed by atoms with Gasteiger partial charge in [-0.05, 0) is 60.2 Å². The number of methoxy groups -OCH3 is 1. The fourth-order valence-electron chi connectivity index (χ4n) is 2.39. The Kier molecular flexibility index (Phi) is 5.98. The molecule has 0 radical (unpaired) electrons. The van der Waals surface area contributed by atoms with Crippen LogP contribution in [-0.2, 0) is 4.79 Å². The van der Waals surface area contributed by atoms with Gasteiger partial charge in [0.1, 0.15) is 11.4 Å². The minimum atomic E-state index is -0.426. The third-order valence-corrected chi connectivity index (χ3v) is 5.02. The number of aryl methyl sites for hydroxylation is 1. The standard InChI is InChI=1S/C18H18ClN5O2S/c1-11-7-8-16(26-3)15(9-11)24-18(21-22-23-24)27-12(2)17(25)20-14-6-4-5-13(19)10-14/h4-10,12H,1-3H3,(H,20,25)/t12-/m0/s1. The molecule has 27 heavy (non-hydrogen) atoms. The summed E-state index contributed by atoms with van der Waals surface area (Å²) in [5.41, 5.74) is 2.40. The summed E-state index contributed by atoms with van der Waals surface area (Å²) in [5.74, 6) is 0.471. The molecule has 0 aliphatic rings. The Morgan fingerprint density at radius 2 is 2.11 bits per heavy atom. The van der Waals surface area contributed by atoms with Gasteiger partial charge < -0.3 is 10.1 Å². The molecule has 1 amide bonds. The molecular weight excluding hydrogens is 386 g/mol. The van der Waals surface area contributed by atoms with Gasteiger partial charge >= 0.3 is 0 Å². The Balaban J connectivity index is 1.78. The van der Waals surface area contributed by atoms with Crippen molar-refractivity contribution in [3.63, 3.8) is 0 Å². The van der Waals surface area contributed by atoms with Crippen molar-refractivity contribution < 1.29 is 9.53 Å². The summed E-state index contributed by atoms with van der Waals surface area (Å²) in [5, 5.41) is 15.3. The van der Waals surface area contributed by atoms with Gasteiger partial charge in [0.2, 0.25) is 11.1 Å². The number of halogens is 1. The summed E-state index contributed by atoms with van der Waals surface area (Å²) in [6, 6.07) is 12.7. The number of aromatic nitrogens is 4. The second-order valence-corrected chi connectivity index (χ2v) is 7.55. The first-order chi connectivity index (χ1) is 13.0. The summed E-state index contributed by atoms with van der Waals surface area (Å²) in [7, 11) is 1.59. The average molecular weight is 404 g/mol. The fourth-order valence-corrected chi connectivity index (χ4v) is 3.38. The number of thioether (sulfide) groups is 1. The van der Waals surface area contributed by atoms with Gasteiger partial charge in [-0.15, -0.1) is 5.10 Å². The van der Waals surface area contributed by atoms with E-state index in [1.165, 1.54) is 11.8 Å². The van der Waals surface area contributed by atoms with Crippen molar-refractivity contribution in [2.45, 2.75) is 24.3 Å². The zero-order valence-electron chi connectivity index (χ0n) is 15.0. The van der Waals surface area contributed by atoms with E-state index in [1.54, 1.807) is 43.0 Å². The lowest BCUT2D eigenvalue weighted by atomic mass is 10.2. The molecule has 3 rings (SSSR count). The lowest BCUT2D eigenvalue weighted by Gasteiger charge is -2.13. The summed E-state index contributed by atoms with van der Waals surface area (Å²) < 4.78 is 6.97. The van der Waals surface area contributed by atoms with Crippen LogP contribution in [0, 0.1) is 6.92 Å². The van der Waals surface area contributed by atoms with Crippen LogP contribution < -0.4 is 10.1 Å². The van der Waals surface area contributed by atoms with Crippen LogP contribution in [0.4, 0.5) is 5.69 Å².